The van der Waals surface area contributed by atoms with Gasteiger partial charge in [0.15, 0.2) is 0 Å². The van der Waals surface area contributed by atoms with E-state index in [9.17, 15) is 0 Å². The van der Waals surface area contributed by atoms with Gasteiger partial charge in [0.05, 0.1) is 5.69 Å². The van der Waals surface area contributed by atoms with Gasteiger partial charge < -0.3 is 10.7 Å². The zero-order chi connectivity index (χ0) is 11.0. The van der Waals surface area contributed by atoms with Gasteiger partial charge in [-0.15, -0.1) is 11.3 Å². The zero-order valence-electron chi connectivity index (χ0n) is 9.07. The maximum absolute atomic E-state index is 5.89. The average molecular weight is 233 g/mol. The molecule has 2 aromatic heterocycles. The number of H-pyrrole nitrogens is 1. The van der Waals surface area contributed by atoms with Gasteiger partial charge in [0.25, 0.3) is 0 Å². The predicted molar refractivity (Wildman–Crippen MR) is 66.5 cm³/mol. The normalized spacial score (nSPS) is 18.3. The van der Waals surface area contributed by atoms with E-state index in [2.05, 4.69) is 16.4 Å². The van der Waals surface area contributed by atoms with Crippen molar-refractivity contribution >= 4 is 11.3 Å². The van der Waals surface area contributed by atoms with Crippen molar-refractivity contribution in [2.45, 2.75) is 24.7 Å². The summed E-state index contributed by atoms with van der Waals surface area (Å²) < 4.78 is 0. The Morgan fingerprint density at radius 3 is 2.94 bits per heavy atom. The molecule has 0 aliphatic heterocycles. The first kappa shape index (κ1) is 10.1. The number of hydrogen-bond acceptors (Lipinski definition) is 3. The highest BCUT2D eigenvalue weighted by molar-refractivity contribution is 7.10. The smallest absolute Gasteiger partial charge is 0.101 e. The minimum Gasteiger partial charge on any atom is -0.367 e. The van der Waals surface area contributed by atoms with Crippen LogP contribution in [0.1, 0.15) is 24.3 Å². The van der Waals surface area contributed by atoms with Gasteiger partial charge in [-0.2, -0.15) is 0 Å². The van der Waals surface area contributed by atoms with Crippen LogP contribution in [-0.4, -0.2) is 16.5 Å². The maximum Gasteiger partial charge on any atom is 0.101 e. The number of aromatic nitrogens is 2. The summed E-state index contributed by atoms with van der Waals surface area (Å²) in [5, 5.41) is 3.35. The fourth-order valence-electron chi connectivity index (χ4n) is 2.24. The SMILES string of the molecule is NCC1(c2nc(-c3cc[nH]c3)cs2)CCC1. The lowest BCUT2D eigenvalue weighted by Gasteiger charge is -2.38. The minimum atomic E-state index is 0.194. The van der Waals surface area contributed by atoms with Crippen LogP contribution in [0.3, 0.4) is 0 Å². The highest BCUT2D eigenvalue weighted by Gasteiger charge is 2.39. The Morgan fingerprint density at radius 1 is 1.50 bits per heavy atom. The van der Waals surface area contributed by atoms with Crippen molar-refractivity contribution < 1.29 is 0 Å². The topological polar surface area (TPSA) is 54.7 Å². The Hall–Kier alpha value is -1.13. The van der Waals surface area contributed by atoms with Crippen molar-refractivity contribution in [2.75, 3.05) is 6.54 Å². The van der Waals surface area contributed by atoms with Crippen LogP contribution in [0.2, 0.25) is 0 Å². The molecule has 1 aliphatic rings. The summed E-state index contributed by atoms with van der Waals surface area (Å²) in [5.41, 5.74) is 8.31. The maximum atomic E-state index is 5.89. The fourth-order valence-corrected chi connectivity index (χ4v) is 3.34. The largest absolute Gasteiger partial charge is 0.367 e. The molecule has 84 valence electrons. The van der Waals surface area contributed by atoms with E-state index in [1.807, 2.05) is 12.4 Å². The van der Waals surface area contributed by atoms with Gasteiger partial charge in [0.2, 0.25) is 0 Å². The van der Waals surface area contributed by atoms with E-state index < -0.39 is 0 Å². The van der Waals surface area contributed by atoms with Gasteiger partial charge in [0, 0.05) is 35.3 Å². The number of nitrogens with zero attached hydrogens (tertiary/aromatic N) is 1. The first-order valence-electron chi connectivity index (χ1n) is 5.63. The second kappa shape index (κ2) is 3.71. The number of hydrogen-bond donors (Lipinski definition) is 2. The van der Waals surface area contributed by atoms with Crippen LogP contribution in [0.5, 0.6) is 0 Å². The van der Waals surface area contributed by atoms with E-state index >= 15 is 0 Å². The second-order valence-corrected chi connectivity index (χ2v) is 5.33. The third-order valence-electron chi connectivity index (χ3n) is 3.55. The third-order valence-corrected chi connectivity index (χ3v) is 4.64. The molecule has 1 aliphatic carbocycles. The van der Waals surface area contributed by atoms with Crippen LogP contribution >= 0.6 is 11.3 Å². The lowest BCUT2D eigenvalue weighted by atomic mass is 9.69. The van der Waals surface area contributed by atoms with E-state index in [0.29, 0.717) is 0 Å². The first-order chi connectivity index (χ1) is 7.84. The van der Waals surface area contributed by atoms with Gasteiger partial charge in [-0.05, 0) is 18.9 Å². The van der Waals surface area contributed by atoms with E-state index in [-0.39, 0.29) is 5.41 Å². The number of thiazole rings is 1. The fraction of sp³-hybridized carbons (Fsp3) is 0.417. The van der Waals surface area contributed by atoms with Crippen LogP contribution in [0.25, 0.3) is 11.3 Å². The Morgan fingerprint density at radius 2 is 2.38 bits per heavy atom. The molecule has 0 aromatic carbocycles. The summed E-state index contributed by atoms with van der Waals surface area (Å²) in [4.78, 5) is 7.79. The van der Waals surface area contributed by atoms with Gasteiger partial charge in [-0.3, -0.25) is 0 Å². The molecule has 16 heavy (non-hydrogen) atoms. The van der Waals surface area contributed by atoms with Crippen molar-refractivity contribution in [2.24, 2.45) is 5.73 Å². The average Bonchev–Trinajstić information content (AvgIpc) is 2.86. The molecule has 1 saturated carbocycles. The lowest BCUT2D eigenvalue weighted by Crippen LogP contribution is -2.41. The van der Waals surface area contributed by atoms with Crippen molar-refractivity contribution in [3.63, 3.8) is 0 Å². The van der Waals surface area contributed by atoms with Crippen molar-refractivity contribution in [1.29, 1.82) is 0 Å². The Bertz CT molecular complexity index is 463. The number of rotatable bonds is 3. The summed E-state index contributed by atoms with van der Waals surface area (Å²) in [6.07, 6.45) is 7.59. The van der Waals surface area contributed by atoms with E-state index in [1.165, 1.54) is 24.3 Å². The lowest BCUT2D eigenvalue weighted by molar-refractivity contribution is 0.252. The monoisotopic (exact) mass is 233 g/mol. The predicted octanol–water partition coefficient (Wildman–Crippen LogP) is 2.52. The number of aromatic amines is 1. The van der Waals surface area contributed by atoms with Crippen molar-refractivity contribution in [3.8, 4) is 11.3 Å². The Kier molecular flexibility index (Phi) is 2.33. The van der Waals surface area contributed by atoms with Gasteiger partial charge in [0.1, 0.15) is 5.01 Å². The second-order valence-electron chi connectivity index (χ2n) is 4.48. The number of nitrogens with one attached hydrogen (secondary N) is 1. The summed E-state index contributed by atoms with van der Waals surface area (Å²) in [6, 6.07) is 2.05. The molecular formula is C12H15N3S. The molecular weight excluding hydrogens is 218 g/mol. The molecule has 3 N–H and O–H groups in total. The van der Waals surface area contributed by atoms with E-state index in [1.54, 1.807) is 11.3 Å². The molecule has 0 spiro atoms. The van der Waals surface area contributed by atoms with Crippen LogP contribution in [-0.2, 0) is 5.41 Å². The molecule has 4 heteroatoms. The summed E-state index contributed by atoms with van der Waals surface area (Å²) in [6.45, 7) is 0.729. The zero-order valence-corrected chi connectivity index (χ0v) is 9.89. The molecule has 0 bridgehead atoms. The molecule has 2 aromatic rings. The van der Waals surface area contributed by atoms with Crippen LogP contribution in [0.15, 0.2) is 23.8 Å². The Balaban J connectivity index is 1.93. The van der Waals surface area contributed by atoms with E-state index in [0.717, 1.165) is 17.8 Å². The van der Waals surface area contributed by atoms with Gasteiger partial charge in [-0.1, -0.05) is 6.42 Å². The van der Waals surface area contributed by atoms with Crippen LogP contribution < -0.4 is 5.73 Å². The third kappa shape index (κ3) is 1.41. The Labute approximate surface area is 98.7 Å². The van der Waals surface area contributed by atoms with Crippen molar-refractivity contribution in [3.05, 3.63) is 28.8 Å². The standard InChI is InChI=1S/C12H15N3S/c13-8-12(3-1-4-12)11-15-10(7-16-11)9-2-5-14-6-9/h2,5-7,14H,1,3-4,8,13H2. The molecule has 0 unspecified atom stereocenters. The molecule has 3 rings (SSSR count). The summed E-state index contributed by atoms with van der Waals surface area (Å²) in [5.74, 6) is 0. The van der Waals surface area contributed by atoms with Crippen LogP contribution in [0, 0.1) is 0 Å². The number of nitrogens with two attached hydrogens (primary N) is 1. The minimum absolute atomic E-state index is 0.194. The van der Waals surface area contributed by atoms with Gasteiger partial charge >= 0.3 is 0 Å². The molecule has 3 nitrogen and oxygen atoms in total. The molecule has 1 fully saturated rings. The molecule has 0 atom stereocenters. The quantitative estimate of drug-likeness (QED) is 0.856. The summed E-state index contributed by atoms with van der Waals surface area (Å²) >= 11 is 1.75. The van der Waals surface area contributed by atoms with Crippen LogP contribution in [0.4, 0.5) is 0 Å². The van der Waals surface area contributed by atoms with Gasteiger partial charge in [-0.25, -0.2) is 4.98 Å². The summed E-state index contributed by atoms with van der Waals surface area (Å²) in [7, 11) is 0. The molecule has 0 radical (unpaired) electrons. The van der Waals surface area contributed by atoms with Crippen molar-refractivity contribution in [1.82, 2.24) is 9.97 Å². The first-order valence-corrected chi connectivity index (χ1v) is 6.51. The highest BCUT2D eigenvalue weighted by atomic mass is 32.1. The van der Waals surface area contributed by atoms with E-state index in [4.69, 9.17) is 10.7 Å². The molecule has 0 amide bonds. The highest BCUT2D eigenvalue weighted by Crippen LogP contribution is 2.44. The molecule has 0 saturated heterocycles. The molecule has 2 heterocycles.